The molecule has 21 heavy (non-hydrogen) atoms. The smallest absolute Gasteiger partial charge is 0.123 e. The molecule has 0 atom stereocenters. The van der Waals surface area contributed by atoms with E-state index < -0.39 is 0 Å². The summed E-state index contributed by atoms with van der Waals surface area (Å²) in [5.74, 6) is 0.456. The summed E-state index contributed by atoms with van der Waals surface area (Å²) in [6, 6.07) is 11.9. The van der Waals surface area contributed by atoms with Gasteiger partial charge >= 0.3 is 0 Å². The third-order valence-corrected chi connectivity index (χ3v) is 3.24. The van der Waals surface area contributed by atoms with Crippen molar-refractivity contribution in [1.29, 1.82) is 0 Å². The topological polar surface area (TPSA) is 44.5 Å². The number of thiocarbonyl (C=S) groups is 1. The van der Waals surface area contributed by atoms with Crippen molar-refractivity contribution < 1.29 is 13.9 Å². The average Bonchev–Trinajstić information content (AvgIpc) is 2.48. The van der Waals surface area contributed by atoms with E-state index in [1.807, 2.05) is 24.3 Å². The summed E-state index contributed by atoms with van der Waals surface area (Å²) in [4.78, 5) is 0.234. The van der Waals surface area contributed by atoms with Gasteiger partial charge in [0.1, 0.15) is 16.6 Å². The van der Waals surface area contributed by atoms with Crippen molar-refractivity contribution in [3.05, 3.63) is 65.0 Å². The molecule has 110 valence electrons. The van der Waals surface area contributed by atoms with Crippen molar-refractivity contribution >= 4 is 17.2 Å². The Morgan fingerprint density at radius 1 is 1.14 bits per heavy atom. The minimum atomic E-state index is -0.335. The van der Waals surface area contributed by atoms with E-state index in [1.165, 1.54) is 12.1 Å². The molecule has 2 N–H and O–H groups in total. The molecule has 0 amide bonds. The van der Waals surface area contributed by atoms with Crippen LogP contribution in [0.5, 0.6) is 5.75 Å². The number of rotatable bonds is 6. The maximum atomic E-state index is 13.3. The number of nitrogens with two attached hydrogens (primary N) is 1. The summed E-state index contributed by atoms with van der Waals surface area (Å²) in [5.41, 5.74) is 7.91. The zero-order valence-corrected chi connectivity index (χ0v) is 12.5. The summed E-state index contributed by atoms with van der Waals surface area (Å²) in [6.07, 6.45) is 0. The van der Waals surface area contributed by atoms with Gasteiger partial charge in [-0.15, -0.1) is 0 Å². The van der Waals surface area contributed by atoms with Crippen LogP contribution in [0.2, 0.25) is 0 Å². The predicted octanol–water partition coefficient (Wildman–Crippen LogP) is 3.19. The lowest BCUT2D eigenvalue weighted by Gasteiger charge is -2.10. The second-order valence-electron chi connectivity index (χ2n) is 4.51. The summed E-state index contributed by atoms with van der Waals surface area (Å²) in [6.45, 7) is 0.660. The lowest BCUT2D eigenvalue weighted by molar-refractivity contribution is 0.107. The van der Waals surface area contributed by atoms with E-state index in [0.29, 0.717) is 17.7 Å². The number of methoxy groups -OCH3 is 1. The van der Waals surface area contributed by atoms with Crippen LogP contribution in [-0.2, 0) is 18.0 Å². The van der Waals surface area contributed by atoms with Gasteiger partial charge in [-0.1, -0.05) is 24.4 Å². The molecule has 5 heteroatoms. The molecule has 0 aromatic heterocycles. The normalized spacial score (nSPS) is 10.4. The number of benzene rings is 2. The van der Waals surface area contributed by atoms with Crippen molar-refractivity contribution in [2.75, 3.05) is 7.11 Å². The second-order valence-corrected chi connectivity index (χ2v) is 4.95. The number of hydrogen-bond donors (Lipinski definition) is 1. The van der Waals surface area contributed by atoms with Crippen LogP contribution in [-0.4, -0.2) is 12.1 Å². The van der Waals surface area contributed by atoms with Gasteiger partial charge in [-0.2, -0.15) is 0 Å². The Morgan fingerprint density at radius 2 is 1.86 bits per heavy atom. The molecule has 0 fully saturated rings. The van der Waals surface area contributed by atoms with Crippen LogP contribution >= 0.6 is 12.2 Å². The molecule has 0 aliphatic heterocycles. The molecule has 0 saturated carbocycles. The Hall–Kier alpha value is -1.98. The van der Waals surface area contributed by atoms with Gasteiger partial charge in [0, 0.05) is 5.56 Å². The highest BCUT2D eigenvalue weighted by Gasteiger charge is 2.07. The van der Waals surface area contributed by atoms with Gasteiger partial charge < -0.3 is 15.2 Å². The van der Waals surface area contributed by atoms with Crippen molar-refractivity contribution in [3.63, 3.8) is 0 Å². The largest absolute Gasteiger partial charge is 0.497 e. The van der Waals surface area contributed by atoms with Gasteiger partial charge in [0.25, 0.3) is 0 Å². The molecule has 0 heterocycles. The zero-order valence-electron chi connectivity index (χ0n) is 11.6. The third-order valence-electron chi connectivity index (χ3n) is 3.02. The first kappa shape index (κ1) is 15.4. The number of ether oxygens (including phenoxy) is 2. The Labute approximate surface area is 128 Å². The number of hydrogen-bond acceptors (Lipinski definition) is 3. The molecule has 0 unspecified atom stereocenters. The first-order valence-corrected chi connectivity index (χ1v) is 6.80. The van der Waals surface area contributed by atoms with E-state index in [4.69, 9.17) is 27.4 Å². The summed E-state index contributed by atoms with van der Waals surface area (Å²) in [7, 11) is 1.62. The lowest BCUT2D eigenvalue weighted by Crippen LogP contribution is -2.13. The highest BCUT2D eigenvalue weighted by molar-refractivity contribution is 7.80. The zero-order chi connectivity index (χ0) is 15.2. The van der Waals surface area contributed by atoms with Gasteiger partial charge in [-0.05, 0) is 41.5 Å². The molecule has 2 aromatic carbocycles. The molecule has 0 aliphatic carbocycles. The fraction of sp³-hybridized carbons (Fsp3) is 0.188. The minimum Gasteiger partial charge on any atom is -0.497 e. The molecule has 0 spiro atoms. The van der Waals surface area contributed by atoms with Crippen molar-refractivity contribution in [2.24, 2.45) is 5.73 Å². The SMILES string of the molecule is COc1ccc(COCc2cc(F)ccc2C(N)=S)cc1. The predicted molar refractivity (Wildman–Crippen MR) is 83.8 cm³/mol. The highest BCUT2D eigenvalue weighted by Crippen LogP contribution is 2.15. The van der Waals surface area contributed by atoms with Gasteiger partial charge in [0.2, 0.25) is 0 Å². The molecule has 0 saturated heterocycles. The number of halogens is 1. The van der Waals surface area contributed by atoms with Crippen LogP contribution in [0.1, 0.15) is 16.7 Å². The third kappa shape index (κ3) is 4.24. The van der Waals surface area contributed by atoms with Crippen LogP contribution in [0.4, 0.5) is 4.39 Å². The quantitative estimate of drug-likeness (QED) is 0.833. The first-order chi connectivity index (χ1) is 10.1. The first-order valence-electron chi connectivity index (χ1n) is 6.39. The minimum absolute atomic E-state index is 0.234. The van der Waals surface area contributed by atoms with Crippen molar-refractivity contribution in [2.45, 2.75) is 13.2 Å². The van der Waals surface area contributed by atoms with E-state index in [0.717, 1.165) is 11.3 Å². The van der Waals surface area contributed by atoms with Crippen LogP contribution in [0.25, 0.3) is 0 Å². The Bertz CT molecular complexity index is 629. The van der Waals surface area contributed by atoms with E-state index in [2.05, 4.69) is 0 Å². The molecule has 2 aromatic rings. The maximum Gasteiger partial charge on any atom is 0.123 e. The van der Waals surface area contributed by atoms with Gasteiger partial charge in [-0.25, -0.2) is 4.39 Å². The van der Waals surface area contributed by atoms with Gasteiger partial charge in [0.05, 0.1) is 20.3 Å². The van der Waals surface area contributed by atoms with Crippen LogP contribution < -0.4 is 10.5 Å². The average molecular weight is 305 g/mol. The standard InChI is InChI=1S/C16H16FNO2S/c1-19-14-5-2-11(3-6-14)9-20-10-12-8-13(17)4-7-15(12)16(18)21/h2-8H,9-10H2,1H3,(H2,18,21). The van der Waals surface area contributed by atoms with E-state index >= 15 is 0 Å². The molecular weight excluding hydrogens is 289 g/mol. The molecule has 2 rings (SSSR count). The Balaban J connectivity index is 1.99. The van der Waals surface area contributed by atoms with E-state index in [9.17, 15) is 4.39 Å². The fourth-order valence-electron chi connectivity index (χ4n) is 1.92. The molecule has 0 bridgehead atoms. The second kappa shape index (κ2) is 7.15. The summed E-state index contributed by atoms with van der Waals surface area (Å²) >= 11 is 4.95. The van der Waals surface area contributed by atoms with Crippen molar-refractivity contribution in [3.8, 4) is 5.75 Å². The van der Waals surface area contributed by atoms with Gasteiger partial charge in [-0.3, -0.25) is 0 Å². The monoisotopic (exact) mass is 305 g/mol. The van der Waals surface area contributed by atoms with E-state index in [1.54, 1.807) is 13.2 Å². The fourth-order valence-corrected chi connectivity index (χ4v) is 2.12. The summed E-state index contributed by atoms with van der Waals surface area (Å²) < 4.78 is 24.0. The highest BCUT2D eigenvalue weighted by atomic mass is 32.1. The molecule has 3 nitrogen and oxygen atoms in total. The maximum absolute atomic E-state index is 13.3. The molecule has 0 radical (unpaired) electrons. The van der Waals surface area contributed by atoms with Crippen molar-refractivity contribution in [1.82, 2.24) is 0 Å². The van der Waals surface area contributed by atoms with Crippen LogP contribution in [0.3, 0.4) is 0 Å². The van der Waals surface area contributed by atoms with Gasteiger partial charge in [0.15, 0.2) is 0 Å². The van der Waals surface area contributed by atoms with E-state index in [-0.39, 0.29) is 17.4 Å². The van der Waals surface area contributed by atoms with Crippen LogP contribution in [0, 0.1) is 5.82 Å². The molecular formula is C16H16FNO2S. The summed E-state index contributed by atoms with van der Waals surface area (Å²) in [5, 5.41) is 0. The Kier molecular flexibility index (Phi) is 5.25. The Morgan fingerprint density at radius 3 is 2.48 bits per heavy atom. The van der Waals surface area contributed by atoms with Crippen LogP contribution in [0.15, 0.2) is 42.5 Å². The lowest BCUT2D eigenvalue weighted by atomic mass is 10.1. The molecule has 0 aliphatic rings.